The van der Waals surface area contributed by atoms with Gasteiger partial charge in [0.05, 0.1) is 12.3 Å². The van der Waals surface area contributed by atoms with Crippen molar-refractivity contribution in [3.8, 4) is 5.75 Å². The van der Waals surface area contributed by atoms with Gasteiger partial charge < -0.3 is 14.6 Å². The van der Waals surface area contributed by atoms with Crippen molar-refractivity contribution in [1.82, 2.24) is 4.98 Å². The van der Waals surface area contributed by atoms with Gasteiger partial charge in [0.25, 0.3) is 5.91 Å². The molecule has 5 heteroatoms. The molecule has 1 aliphatic heterocycles. The lowest BCUT2D eigenvalue weighted by Gasteiger charge is -2.21. The average Bonchev–Trinajstić information content (AvgIpc) is 2.69. The fourth-order valence-electron chi connectivity index (χ4n) is 2.27. The molecule has 0 saturated heterocycles. The standard InChI is InChI=1S/C15H14N2O3/c18-13-6-7-16-10-11(13)15(19)17-8-3-9-20-14-5-2-1-4-12(14)17/h1-2,4-7,10H,3,8-9H2,(H,16,18). The van der Waals surface area contributed by atoms with E-state index in [1.165, 1.54) is 18.5 Å². The number of hydrogen-bond acceptors (Lipinski definition) is 3. The Kier molecular flexibility index (Phi) is 3.25. The van der Waals surface area contributed by atoms with Crippen LogP contribution in [0.3, 0.4) is 0 Å². The van der Waals surface area contributed by atoms with Crippen molar-refractivity contribution in [3.63, 3.8) is 0 Å². The molecule has 0 radical (unpaired) electrons. The monoisotopic (exact) mass is 270 g/mol. The number of aromatic amines is 1. The van der Waals surface area contributed by atoms with Crippen LogP contribution in [0.1, 0.15) is 16.8 Å². The first kappa shape index (κ1) is 12.5. The molecule has 0 atom stereocenters. The second-order valence-corrected chi connectivity index (χ2v) is 4.55. The third-order valence-electron chi connectivity index (χ3n) is 3.24. The van der Waals surface area contributed by atoms with E-state index in [1.54, 1.807) is 4.90 Å². The Hall–Kier alpha value is -2.56. The van der Waals surface area contributed by atoms with E-state index >= 15 is 0 Å². The van der Waals surface area contributed by atoms with Gasteiger partial charge in [0.1, 0.15) is 11.3 Å². The number of nitrogens with zero attached hydrogens (tertiary/aromatic N) is 1. The van der Waals surface area contributed by atoms with Gasteiger partial charge in [-0.05, 0) is 18.6 Å². The largest absolute Gasteiger partial charge is 0.491 e. The van der Waals surface area contributed by atoms with Crippen LogP contribution >= 0.6 is 0 Å². The van der Waals surface area contributed by atoms with Crippen LogP contribution in [0.15, 0.2) is 47.5 Å². The van der Waals surface area contributed by atoms with Crippen molar-refractivity contribution < 1.29 is 9.53 Å². The van der Waals surface area contributed by atoms with Crippen molar-refractivity contribution in [3.05, 3.63) is 58.5 Å². The quantitative estimate of drug-likeness (QED) is 0.859. The summed E-state index contributed by atoms with van der Waals surface area (Å²) in [5, 5.41) is 0. The molecule has 0 fully saturated rings. The van der Waals surface area contributed by atoms with Crippen LogP contribution in [0.5, 0.6) is 5.75 Å². The average molecular weight is 270 g/mol. The van der Waals surface area contributed by atoms with Gasteiger partial charge in [0.15, 0.2) is 5.43 Å². The molecule has 0 bridgehead atoms. The molecule has 2 heterocycles. The second kappa shape index (κ2) is 5.21. The minimum absolute atomic E-state index is 0.143. The summed E-state index contributed by atoms with van der Waals surface area (Å²) in [4.78, 5) is 28.8. The minimum atomic E-state index is -0.301. The number of carbonyl (C=O) groups is 1. The molecule has 1 aromatic carbocycles. The van der Waals surface area contributed by atoms with Gasteiger partial charge in [0, 0.05) is 25.0 Å². The molecule has 3 rings (SSSR count). The fourth-order valence-corrected chi connectivity index (χ4v) is 2.27. The molecule has 1 aliphatic rings. The van der Waals surface area contributed by atoms with Gasteiger partial charge in [-0.3, -0.25) is 9.59 Å². The Morgan fingerprint density at radius 1 is 1.25 bits per heavy atom. The first-order valence-electron chi connectivity index (χ1n) is 6.48. The predicted octanol–water partition coefficient (Wildman–Crippen LogP) is 1.80. The SMILES string of the molecule is O=C(c1c[nH]ccc1=O)N1CCCOc2ccccc21. The normalized spacial score (nSPS) is 14.1. The van der Waals surface area contributed by atoms with Crippen molar-refractivity contribution in [2.75, 3.05) is 18.1 Å². The predicted molar refractivity (Wildman–Crippen MR) is 75.3 cm³/mol. The zero-order chi connectivity index (χ0) is 13.9. The molecule has 20 heavy (non-hydrogen) atoms. The lowest BCUT2D eigenvalue weighted by atomic mass is 10.2. The number of H-pyrrole nitrogens is 1. The zero-order valence-electron chi connectivity index (χ0n) is 10.8. The molecule has 0 spiro atoms. The maximum Gasteiger partial charge on any atom is 0.263 e. The molecule has 1 N–H and O–H groups in total. The highest BCUT2D eigenvalue weighted by Gasteiger charge is 2.24. The van der Waals surface area contributed by atoms with Crippen molar-refractivity contribution >= 4 is 11.6 Å². The number of carbonyl (C=O) groups excluding carboxylic acids is 1. The maximum absolute atomic E-state index is 12.6. The molecule has 0 saturated carbocycles. The Morgan fingerprint density at radius 3 is 2.95 bits per heavy atom. The smallest absolute Gasteiger partial charge is 0.263 e. The number of rotatable bonds is 1. The van der Waals surface area contributed by atoms with Crippen molar-refractivity contribution in [2.45, 2.75) is 6.42 Å². The van der Waals surface area contributed by atoms with E-state index in [-0.39, 0.29) is 16.9 Å². The number of hydrogen-bond donors (Lipinski definition) is 1. The highest BCUT2D eigenvalue weighted by molar-refractivity contribution is 6.06. The maximum atomic E-state index is 12.6. The Bertz CT molecular complexity index is 693. The van der Waals surface area contributed by atoms with E-state index in [1.807, 2.05) is 24.3 Å². The number of para-hydroxylation sites is 2. The van der Waals surface area contributed by atoms with E-state index in [0.29, 0.717) is 24.6 Å². The van der Waals surface area contributed by atoms with Gasteiger partial charge in [0.2, 0.25) is 0 Å². The molecule has 0 unspecified atom stereocenters. The zero-order valence-corrected chi connectivity index (χ0v) is 10.8. The van der Waals surface area contributed by atoms with Crippen molar-refractivity contribution in [2.24, 2.45) is 0 Å². The molecule has 5 nitrogen and oxygen atoms in total. The van der Waals surface area contributed by atoms with Crippen LogP contribution in [0.25, 0.3) is 0 Å². The Labute approximate surface area is 115 Å². The summed E-state index contributed by atoms with van der Waals surface area (Å²) in [5.41, 5.74) is 0.568. The van der Waals surface area contributed by atoms with Crippen LogP contribution in [-0.2, 0) is 0 Å². The van der Waals surface area contributed by atoms with Gasteiger partial charge >= 0.3 is 0 Å². The minimum Gasteiger partial charge on any atom is -0.491 e. The third kappa shape index (κ3) is 2.18. The summed E-state index contributed by atoms with van der Waals surface area (Å²) < 4.78 is 5.62. The van der Waals surface area contributed by atoms with E-state index in [9.17, 15) is 9.59 Å². The van der Waals surface area contributed by atoms with E-state index in [0.717, 1.165) is 6.42 Å². The number of benzene rings is 1. The summed E-state index contributed by atoms with van der Waals surface area (Å²) in [6, 6.07) is 8.73. The number of anilines is 1. The molecular weight excluding hydrogens is 256 g/mol. The second-order valence-electron chi connectivity index (χ2n) is 4.55. The topological polar surface area (TPSA) is 62.4 Å². The van der Waals surface area contributed by atoms with Crippen LogP contribution in [0.2, 0.25) is 0 Å². The van der Waals surface area contributed by atoms with E-state index in [2.05, 4.69) is 4.98 Å². The molecule has 2 aromatic rings. The molecule has 1 amide bonds. The van der Waals surface area contributed by atoms with Crippen LogP contribution in [-0.4, -0.2) is 24.0 Å². The number of ether oxygens (including phenoxy) is 1. The first-order chi connectivity index (χ1) is 9.77. The fraction of sp³-hybridized carbons (Fsp3) is 0.200. The highest BCUT2D eigenvalue weighted by atomic mass is 16.5. The van der Waals surface area contributed by atoms with Crippen molar-refractivity contribution in [1.29, 1.82) is 0 Å². The third-order valence-corrected chi connectivity index (χ3v) is 3.24. The Morgan fingerprint density at radius 2 is 2.10 bits per heavy atom. The first-order valence-corrected chi connectivity index (χ1v) is 6.48. The van der Waals surface area contributed by atoms with E-state index < -0.39 is 0 Å². The van der Waals surface area contributed by atoms with Crippen LogP contribution in [0, 0.1) is 0 Å². The highest BCUT2D eigenvalue weighted by Crippen LogP contribution is 2.31. The molecule has 1 aromatic heterocycles. The molecular formula is C15H14N2O3. The summed E-state index contributed by atoms with van der Waals surface area (Å²) in [5.74, 6) is 0.371. The summed E-state index contributed by atoms with van der Waals surface area (Å²) in [6.07, 6.45) is 3.68. The lowest BCUT2D eigenvalue weighted by Crippen LogP contribution is -2.34. The number of fused-ring (bicyclic) bond motifs is 1. The van der Waals surface area contributed by atoms with Gasteiger partial charge in [-0.15, -0.1) is 0 Å². The summed E-state index contributed by atoms with van der Waals surface area (Å²) in [7, 11) is 0. The summed E-state index contributed by atoms with van der Waals surface area (Å²) in [6.45, 7) is 1.09. The number of pyridine rings is 1. The lowest BCUT2D eigenvalue weighted by molar-refractivity contribution is 0.0986. The number of aromatic nitrogens is 1. The van der Waals surface area contributed by atoms with Gasteiger partial charge in [-0.2, -0.15) is 0 Å². The van der Waals surface area contributed by atoms with E-state index in [4.69, 9.17) is 4.74 Å². The summed E-state index contributed by atoms with van der Waals surface area (Å²) >= 11 is 0. The number of nitrogens with one attached hydrogen (secondary N) is 1. The van der Waals surface area contributed by atoms with Gasteiger partial charge in [-0.25, -0.2) is 0 Å². The van der Waals surface area contributed by atoms with Gasteiger partial charge in [-0.1, -0.05) is 12.1 Å². The van der Waals surface area contributed by atoms with Crippen LogP contribution in [0.4, 0.5) is 5.69 Å². The number of amides is 1. The molecule has 0 aliphatic carbocycles. The Balaban J connectivity index is 2.04. The van der Waals surface area contributed by atoms with Crippen LogP contribution < -0.4 is 15.1 Å². The molecule has 102 valence electrons.